The second kappa shape index (κ2) is 5.97. The summed E-state index contributed by atoms with van der Waals surface area (Å²) in [5.74, 6) is 0.220. The number of hydrogen-bond acceptors (Lipinski definition) is 2. The summed E-state index contributed by atoms with van der Waals surface area (Å²) in [6.45, 7) is -0.846. The molecule has 1 atom stereocenters. The van der Waals surface area contributed by atoms with Crippen molar-refractivity contribution in [3.63, 3.8) is 0 Å². The van der Waals surface area contributed by atoms with Crippen molar-refractivity contribution in [2.24, 2.45) is 5.73 Å². The second-order valence-corrected chi connectivity index (χ2v) is 4.51. The number of ether oxygens (including phenoxy) is 1. The van der Waals surface area contributed by atoms with Crippen LogP contribution in [0.4, 0.5) is 8.78 Å². The molecular weight excluding hydrogens is 248 g/mol. The van der Waals surface area contributed by atoms with Crippen LogP contribution in [0.25, 0.3) is 10.8 Å². The molecule has 0 amide bonds. The van der Waals surface area contributed by atoms with Crippen molar-refractivity contribution in [3.8, 4) is 5.75 Å². The molecule has 2 N–H and O–H groups in total. The maximum absolute atomic E-state index is 12.5. The molecule has 2 rings (SSSR count). The van der Waals surface area contributed by atoms with Crippen LogP contribution >= 0.6 is 0 Å². The molecule has 0 heterocycles. The molecule has 0 aliphatic rings. The molecule has 2 aromatic carbocycles. The van der Waals surface area contributed by atoms with Crippen LogP contribution in [-0.2, 0) is 6.42 Å². The van der Waals surface area contributed by atoms with E-state index >= 15 is 0 Å². The smallest absolute Gasteiger partial charge is 0.387 e. The van der Waals surface area contributed by atoms with E-state index in [1.165, 1.54) is 0 Å². The molecule has 19 heavy (non-hydrogen) atoms. The first-order valence-corrected chi connectivity index (χ1v) is 6.32. The Labute approximate surface area is 111 Å². The summed E-state index contributed by atoms with van der Waals surface area (Å²) in [5.41, 5.74) is 6.71. The number of alkyl halides is 2. The van der Waals surface area contributed by atoms with E-state index in [1.807, 2.05) is 31.2 Å². The van der Waals surface area contributed by atoms with Gasteiger partial charge in [-0.05, 0) is 29.7 Å². The summed E-state index contributed by atoms with van der Waals surface area (Å²) in [6, 6.07) is 11.0. The number of benzene rings is 2. The quantitative estimate of drug-likeness (QED) is 0.894. The number of halogens is 2. The van der Waals surface area contributed by atoms with Crippen molar-refractivity contribution >= 4 is 10.8 Å². The van der Waals surface area contributed by atoms with Crippen LogP contribution in [0.2, 0.25) is 0 Å². The molecule has 0 saturated carbocycles. The van der Waals surface area contributed by atoms with Gasteiger partial charge in [-0.15, -0.1) is 0 Å². The van der Waals surface area contributed by atoms with Gasteiger partial charge in [-0.3, -0.25) is 0 Å². The summed E-state index contributed by atoms with van der Waals surface area (Å²) in [7, 11) is 0. The summed E-state index contributed by atoms with van der Waals surface area (Å²) >= 11 is 0. The standard InChI is InChI=1S/C15H17F2NO/c1-2-11(18)9-13-12-6-4-3-5-10(12)7-8-14(13)19-15(16)17/h3-8,11,15H,2,9,18H2,1H3. The highest BCUT2D eigenvalue weighted by molar-refractivity contribution is 5.87. The average Bonchev–Trinajstić information content (AvgIpc) is 2.40. The van der Waals surface area contributed by atoms with E-state index in [1.54, 1.807) is 12.1 Å². The highest BCUT2D eigenvalue weighted by atomic mass is 19.3. The van der Waals surface area contributed by atoms with E-state index in [4.69, 9.17) is 5.73 Å². The Bertz CT molecular complexity index is 557. The summed E-state index contributed by atoms with van der Waals surface area (Å²) in [5, 5.41) is 1.92. The minimum atomic E-state index is -2.82. The molecule has 0 aromatic heterocycles. The van der Waals surface area contributed by atoms with Crippen LogP contribution in [-0.4, -0.2) is 12.7 Å². The van der Waals surface area contributed by atoms with E-state index in [0.717, 1.165) is 22.8 Å². The summed E-state index contributed by atoms with van der Waals surface area (Å²) < 4.78 is 29.5. The van der Waals surface area contributed by atoms with Crippen LogP contribution in [0.1, 0.15) is 18.9 Å². The lowest BCUT2D eigenvalue weighted by Crippen LogP contribution is -2.22. The maximum atomic E-state index is 12.5. The average molecular weight is 265 g/mol. The fourth-order valence-electron chi connectivity index (χ4n) is 2.14. The Morgan fingerprint density at radius 1 is 1.16 bits per heavy atom. The molecule has 102 valence electrons. The minimum absolute atomic E-state index is 0.0640. The van der Waals surface area contributed by atoms with Gasteiger partial charge in [-0.1, -0.05) is 37.3 Å². The molecule has 2 nitrogen and oxygen atoms in total. The van der Waals surface area contributed by atoms with Crippen molar-refractivity contribution in [1.29, 1.82) is 0 Å². The molecule has 0 aliphatic carbocycles. The molecule has 2 aromatic rings. The summed E-state index contributed by atoms with van der Waals surface area (Å²) in [6.07, 6.45) is 1.32. The van der Waals surface area contributed by atoms with E-state index in [-0.39, 0.29) is 11.8 Å². The van der Waals surface area contributed by atoms with Gasteiger partial charge in [0.1, 0.15) is 5.75 Å². The second-order valence-electron chi connectivity index (χ2n) is 4.51. The fourth-order valence-corrected chi connectivity index (χ4v) is 2.14. The van der Waals surface area contributed by atoms with Crippen molar-refractivity contribution in [1.82, 2.24) is 0 Å². The number of nitrogens with two attached hydrogens (primary N) is 1. The molecular formula is C15H17F2NO. The van der Waals surface area contributed by atoms with E-state index in [2.05, 4.69) is 4.74 Å². The van der Waals surface area contributed by atoms with Gasteiger partial charge >= 0.3 is 6.61 Å². The molecule has 1 unspecified atom stereocenters. The van der Waals surface area contributed by atoms with Gasteiger partial charge in [0.2, 0.25) is 0 Å². The van der Waals surface area contributed by atoms with E-state index in [0.29, 0.717) is 6.42 Å². The Morgan fingerprint density at radius 3 is 2.58 bits per heavy atom. The molecule has 0 aliphatic heterocycles. The predicted molar refractivity (Wildman–Crippen MR) is 72.6 cm³/mol. The van der Waals surface area contributed by atoms with Crippen molar-refractivity contribution in [2.45, 2.75) is 32.4 Å². The zero-order valence-electron chi connectivity index (χ0n) is 10.8. The van der Waals surface area contributed by atoms with Gasteiger partial charge < -0.3 is 10.5 Å². The number of rotatable bonds is 5. The maximum Gasteiger partial charge on any atom is 0.387 e. The molecule has 0 bridgehead atoms. The SMILES string of the molecule is CCC(N)Cc1c(OC(F)F)ccc2ccccc12. The van der Waals surface area contributed by atoms with E-state index < -0.39 is 6.61 Å². The lowest BCUT2D eigenvalue weighted by atomic mass is 9.97. The third-order valence-corrected chi connectivity index (χ3v) is 3.20. The first-order chi connectivity index (χ1) is 9.11. The topological polar surface area (TPSA) is 35.2 Å². The van der Waals surface area contributed by atoms with Gasteiger partial charge in [-0.25, -0.2) is 0 Å². The molecule has 0 spiro atoms. The summed E-state index contributed by atoms with van der Waals surface area (Å²) in [4.78, 5) is 0. The Kier molecular flexibility index (Phi) is 4.32. The van der Waals surface area contributed by atoms with Crippen LogP contribution < -0.4 is 10.5 Å². The largest absolute Gasteiger partial charge is 0.435 e. The highest BCUT2D eigenvalue weighted by Gasteiger charge is 2.14. The first kappa shape index (κ1) is 13.7. The van der Waals surface area contributed by atoms with Crippen LogP contribution in [0.15, 0.2) is 36.4 Å². The van der Waals surface area contributed by atoms with Gasteiger partial charge in [0.05, 0.1) is 0 Å². The van der Waals surface area contributed by atoms with Crippen molar-refractivity contribution < 1.29 is 13.5 Å². The van der Waals surface area contributed by atoms with Crippen LogP contribution in [0.5, 0.6) is 5.75 Å². The molecule has 0 radical (unpaired) electrons. The van der Waals surface area contributed by atoms with Crippen LogP contribution in [0.3, 0.4) is 0 Å². The number of hydrogen-bond donors (Lipinski definition) is 1. The molecule has 4 heteroatoms. The van der Waals surface area contributed by atoms with Gasteiger partial charge in [0.15, 0.2) is 0 Å². The zero-order valence-corrected chi connectivity index (χ0v) is 10.8. The Hall–Kier alpha value is -1.68. The zero-order chi connectivity index (χ0) is 13.8. The third-order valence-electron chi connectivity index (χ3n) is 3.20. The lowest BCUT2D eigenvalue weighted by Gasteiger charge is -2.16. The van der Waals surface area contributed by atoms with E-state index in [9.17, 15) is 8.78 Å². The third kappa shape index (κ3) is 3.20. The molecule has 0 fully saturated rings. The van der Waals surface area contributed by atoms with Gasteiger partial charge in [0.25, 0.3) is 0 Å². The predicted octanol–water partition coefficient (Wildman–Crippen LogP) is 3.72. The fraction of sp³-hybridized carbons (Fsp3) is 0.333. The normalized spacial score (nSPS) is 12.9. The minimum Gasteiger partial charge on any atom is -0.435 e. The van der Waals surface area contributed by atoms with Gasteiger partial charge in [0, 0.05) is 11.6 Å². The van der Waals surface area contributed by atoms with Crippen molar-refractivity contribution in [3.05, 3.63) is 42.0 Å². The van der Waals surface area contributed by atoms with Crippen LogP contribution in [0, 0.1) is 0 Å². The molecule has 0 saturated heterocycles. The first-order valence-electron chi connectivity index (χ1n) is 6.32. The van der Waals surface area contributed by atoms with Crippen molar-refractivity contribution in [2.75, 3.05) is 0 Å². The van der Waals surface area contributed by atoms with Gasteiger partial charge in [-0.2, -0.15) is 8.78 Å². The Morgan fingerprint density at radius 2 is 1.89 bits per heavy atom. The lowest BCUT2D eigenvalue weighted by molar-refractivity contribution is -0.0503. The number of fused-ring (bicyclic) bond motifs is 1. The Balaban J connectivity index is 2.51. The highest BCUT2D eigenvalue weighted by Crippen LogP contribution is 2.30. The monoisotopic (exact) mass is 265 g/mol.